The first-order valence-electron chi connectivity index (χ1n) is 7.02. The highest BCUT2D eigenvalue weighted by Crippen LogP contribution is 2.18. The Labute approximate surface area is 116 Å². The van der Waals surface area contributed by atoms with Gasteiger partial charge in [-0.25, -0.2) is 0 Å². The summed E-state index contributed by atoms with van der Waals surface area (Å²) in [7, 11) is 0. The molecule has 0 aromatic heterocycles. The average molecular weight is 262 g/mol. The molecule has 0 spiro atoms. The van der Waals surface area contributed by atoms with Gasteiger partial charge in [0, 0.05) is 12.0 Å². The van der Waals surface area contributed by atoms with E-state index in [1.165, 1.54) is 5.56 Å². The summed E-state index contributed by atoms with van der Waals surface area (Å²) in [5, 5.41) is 3.02. The third kappa shape index (κ3) is 5.03. The van der Waals surface area contributed by atoms with Crippen LogP contribution in [-0.4, -0.2) is 18.0 Å². The first kappa shape index (κ1) is 15.7. The Morgan fingerprint density at radius 3 is 2.26 bits per heavy atom. The summed E-state index contributed by atoms with van der Waals surface area (Å²) in [6.07, 6.45) is 0.721. The zero-order valence-electron chi connectivity index (χ0n) is 12.4. The average Bonchev–Trinajstić information content (AvgIpc) is 2.37. The molecule has 3 N–H and O–H groups in total. The van der Waals surface area contributed by atoms with Crippen molar-refractivity contribution in [2.24, 2.45) is 11.7 Å². The molecule has 0 bridgehead atoms. The maximum atomic E-state index is 12.0. The molecule has 3 atom stereocenters. The molecule has 0 aliphatic heterocycles. The highest BCUT2D eigenvalue weighted by molar-refractivity contribution is 5.81. The Hall–Kier alpha value is -1.35. The second kappa shape index (κ2) is 7.29. The molecule has 1 amide bonds. The van der Waals surface area contributed by atoms with Gasteiger partial charge in [0.05, 0.1) is 6.04 Å². The van der Waals surface area contributed by atoms with Gasteiger partial charge in [-0.2, -0.15) is 0 Å². The van der Waals surface area contributed by atoms with E-state index in [1.807, 2.05) is 25.1 Å². The lowest BCUT2D eigenvalue weighted by Crippen LogP contribution is -2.46. The molecule has 3 nitrogen and oxygen atoms in total. The second-order valence-electron chi connectivity index (χ2n) is 5.73. The van der Waals surface area contributed by atoms with E-state index in [1.54, 1.807) is 0 Å². The Morgan fingerprint density at radius 2 is 1.74 bits per heavy atom. The monoisotopic (exact) mass is 262 g/mol. The van der Waals surface area contributed by atoms with Gasteiger partial charge in [0.25, 0.3) is 0 Å². The quantitative estimate of drug-likeness (QED) is 0.828. The molecule has 0 heterocycles. The molecule has 0 aliphatic rings. The minimum absolute atomic E-state index is 0.0519. The molecule has 19 heavy (non-hydrogen) atoms. The maximum absolute atomic E-state index is 12.0. The minimum Gasteiger partial charge on any atom is -0.352 e. The molecule has 0 fully saturated rings. The van der Waals surface area contributed by atoms with Gasteiger partial charge >= 0.3 is 0 Å². The summed E-state index contributed by atoms with van der Waals surface area (Å²) in [5.74, 6) is 0.656. The molecule has 2 unspecified atom stereocenters. The van der Waals surface area contributed by atoms with Crippen molar-refractivity contribution >= 4 is 5.91 Å². The van der Waals surface area contributed by atoms with E-state index in [2.05, 4.69) is 38.2 Å². The first-order valence-corrected chi connectivity index (χ1v) is 7.02. The number of rotatable bonds is 6. The van der Waals surface area contributed by atoms with E-state index < -0.39 is 6.04 Å². The van der Waals surface area contributed by atoms with Crippen LogP contribution in [0.2, 0.25) is 0 Å². The molecule has 0 saturated heterocycles. The number of benzene rings is 1. The van der Waals surface area contributed by atoms with E-state index in [0.29, 0.717) is 5.92 Å². The Morgan fingerprint density at radius 1 is 1.16 bits per heavy atom. The van der Waals surface area contributed by atoms with Gasteiger partial charge < -0.3 is 11.1 Å². The fourth-order valence-corrected chi connectivity index (χ4v) is 2.12. The standard InChI is InChI=1S/C16H26N2O/c1-11(2)10-15(17)16(19)18-13(4)12(3)14-8-6-5-7-9-14/h5-9,11-13,15H,10,17H2,1-4H3,(H,18,19)/t12?,13?,15-/m0/s1. The van der Waals surface area contributed by atoms with Crippen molar-refractivity contribution in [2.75, 3.05) is 0 Å². The predicted octanol–water partition coefficient (Wildman–Crippen LogP) is 2.67. The normalized spacial score (nSPS) is 15.9. The van der Waals surface area contributed by atoms with Gasteiger partial charge in [-0.15, -0.1) is 0 Å². The van der Waals surface area contributed by atoms with Crippen LogP contribution in [0.3, 0.4) is 0 Å². The number of nitrogens with two attached hydrogens (primary N) is 1. The number of hydrogen-bond donors (Lipinski definition) is 2. The van der Waals surface area contributed by atoms with Gasteiger partial charge in [0.1, 0.15) is 0 Å². The van der Waals surface area contributed by atoms with Crippen molar-refractivity contribution in [2.45, 2.75) is 52.1 Å². The summed E-state index contributed by atoms with van der Waals surface area (Å²) in [5.41, 5.74) is 7.12. The van der Waals surface area contributed by atoms with Crippen molar-refractivity contribution in [1.82, 2.24) is 5.32 Å². The van der Waals surface area contributed by atoms with E-state index in [4.69, 9.17) is 5.73 Å². The molecule has 1 rings (SSSR count). The van der Waals surface area contributed by atoms with Crippen LogP contribution in [-0.2, 0) is 4.79 Å². The first-order chi connectivity index (χ1) is 8.91. The number of amides is 1. The lowest BCUT2D eigenvalue weighted by Gasteiger charge is -2.24. The molecular formula is C16H26N2O. The number of carbonyl (C=O) groups excluding carboxylic acids is 1. The summed E-state index contributed by atoms with van der Waals surface area (Å²) in [4.78, 5) is 12.0. The Bertz CT molecular complexity index is 389. The fourth-order valence-electron chi connectivity index (χ4n) is 2.12. The van der Waals surface area contributed by atoms with Crippen LogP contribution >= 0.6 is 0 Å². The summed E-state index contributed by atoms with van der Waals surface area (Å²) >= 11 is 0. The number of nitrogens with one attached hydrogen (secondary N) is 1. The van der Waals surface area contributed by atoms with Crippen LogP contribution in [0.5, 0.6) is 0 Å². The van der Waals surface area contributed by atoms with Crippen LogP contribution < -0.4 is 11.1 Å². The van der Waals surface area contributed by atoms with E-state index in [-0.39, 0.29) is 17.9 Å². The van der Waals surface area contributed by atoms with Crippen LogP contribution in [0.25, 0.3) is 0 Å². The highest BCUT2D eigenvalue weighted by atomic mass is 16.2. The van der Waals surface area contributed by atoms with Crippen LogP contribution in [0.4, 0.5) is 0 Å². The minimum atomic E-state index is -0.412. The van der Waals surface area contributed by atoms with E-state index in [0.717, 1.165) is 6.42 Å². The predicted molar refractivity (Wildman–Crippen MR) is 79.9 cm³/mol. The summed E-state index contributed by atoms with van der Waals surface area (Å²) in [6, 6.07) is 9.87. The smallest absolute Gasteiger partial charge is 0.237 e. The van der Waals surface area contributed by atoms with Crippen LogP contribution in [0.15, 0.2) is 30.3 Å². The molecule has 3 heteroatoms. The van der Waals surface area contributed by atoms with Gasteiger partial charge in [-0.1, -0.05) is 51.1 Å². The SMILES string of the molecule is CC(C)C[C@H](N)C(=O)NC(C)C(C)c1ccccc1. The lowest BCUT2D eigenvalue weighted by molar-refractivity contribution is -0.123. The van der Waals surface area contributed by atoms with Gasteiger partial charge in [-0.05, 0) is 24.8 Å². The molecule has 106 valence electrons. The zero-order valence-corrected chi connectivity index (χ0v) is 12.4. The number of carbonyl (C=O) groups is 1. The van der Waals surface area contributed by atoms with Crippen molar-refractivity contribution in [3.05, 3.63) is 35.9 Å². The van der Waals surface area contributed by atoms with Crippen LogP contribution in [0.1, 0.15) is 45.6 Å². The van der Waals surface area contributed by atoms with E-state index >= 15 is 0 Å². The zero-order chi connectivity index (χ0) is 14.4. The largest absolute Gasteiger partial charge is 0.352 e. The maximum Gasteiger partial charge on any atom is 0.237 e. The molecule has 0 radical (unpaired) electrons. The molecule has 1 aromatic rings. The Kier molecular flexibility index (Phi) is 6.03. The molecule has 1 aromatic carbocycles. The third-order valence-electron chi connectivity index (χ3n) is 3.51. The molecular weight excluding hydrogens is 236 g/mol. The van der Waals surface area contributed by atoms with Gasteiger partial charge in [0.15, 0.2) is 0 Å². The van der Waals surface area contributed by atoms with Crippen molar-refractivity contribution in [1.29, 1.82) is 0 Å². The molecule has 0 saturated carbocycles. The van der Waals surface area contributed by atoms with Gasteiger partial charge in [-0.3, -0.25) is 4.79 Å². The van der Waals surface area contributed by atoms with Crippen molar-refractivity contribution in [3.63, 3.8) is 0 Å². The second-order valence-corrected chi connectivity index (χ2v) is 5.73. The van der Waals surface area contributed by atoms with Crippen molar-refractivity contribution in [3.8, 4) is 0 Å². The Balaban J connectivity index is 2.55. The fraction of sp³-hybridized carbons (Fsp3) is 0.562. The highest BCUT2D eigenvalue weighted by Gasteiger charge is 2.20. The topological polar surface area (TPSA) is 55.1 Å². The summed E-state index contributed by atoms with van der Waals surface area (Å²) < 4.78 is 0. The number of hydrogen-bond acceptors (Lipinski definition) is 2. The van der Waals surface area contributed by atoms with Gasteiger partial charge in [0.2, 0.25) is 5.91 Å². The summed E-state index contributed by atoms with van der Waals surface area (Å²) in [6.45, 7) is 8.29. The lowest BCUT2D eigenvalue weighted by atomic mass is 9.94. The van der Waals surface area contributed by atoms with Crippen molar-refractivity contribution < 1.29 is 4.79 Å². The van der Waals surface area contributed by atoms with Crippen LogP contribution in [0, 0.1) is 5.92 Å². The van der Waals surface area contributed by atoms with E-state index in [9.17, 15) is 4.79 Å². The molecule has 0 aliphatic carbocycles. The third-order valence-corrected chi connectivity index (χ3v) is 3.51.